The van der Waals surface area contributed by atoms with Crippen molar-refractivity contribution in [1.82, 2.24) is 4.98 Å². The predicted octanol–water partition coefficient (Wildman–Crippen LogP) is 8.83. The SMILES string of the molecule is C/C(=C\B1OC(C)(C)C(C)(C)O1)c1ccc(F)cc1.COC(=O)c1ccc(N)c(/C=C(\C)c2ccc(F)cc2)c1.COC(=O)c1cnc(N)c(Br)c1. The molecular formula is C39H43BBrF2N3O6. The van der Waals surface area contributed by atoms with Gasteiger partial charge >= 0.3 is 19.1 Å². The zero-order chi connectivity index (χ0) is 38.8. The van der Waals surface area contributed by atoms with Gasteiger partial charge in [-0.3, -0.25) is 0 Å². The number of halogens is 3. The van der Waals surface area contributed by atoms with Crippen molar-refractivity contribution in [2.24, 2.45) is 0 Å². The van der Waals surface area contributed by atoms with E-state index < -0.39 is 11.9 Å². The summed E-state index contributed by atoms with van der Waals surface area (Å²) in [6.45, 7) is 12.0. The lowest BCUT2D eigenvalue weighted by atomic mass is 9.85. The van der Waals surface area contributed by atoms with Crippen LogP contribution in [0.2, 0.25) is 0 Å². The maximum atomic E-state index is 12.9. The Kier molecular flexibility index (Phi) is 14.5. The van der Waals surface area contributed by atoms with E-state index in [9.17, 15) is 18.4 Å². The summed E-state index contributed by atoms with van der Waals surface area (Å²) in [6, 6.07) is 19.1. The highest BCUT2D eigenvalue weighted by Gasteiger charge is 2.50. The van der Waals surface area contributed by atoms with Crippen LogP contribution in [0.1, 0.15) is 78.9 Å². The van der Waals surface area contributed by atoms with E-state index in [4.69, 9.17) is 25.5 Å². The minimum absolute atomic E-state index is 0.229. The van der Waals surface area contributed by atoms with Gasteiger partial charge in [-0.2, -0.15) is 0 Å². The summed E-state index contributed by atoms with van der Waals surface area (Å²) in [6.07, 6.45) is 3.22. The molecule has 1 aliphatic heterocycles. The number of carbonyl (C=O) groups excluding carboxylic acids is 2. The van der Waals surface area contributed by atoms with Gasteiger partial charge in [-0.25, -0.2) is 23.4 Å². The molecule has 274 valence electrons. The third kappa shape index (κ3) is 11.3. The first-order chi connectivity index (χ1) is 24.4. The van der Waals surface area contributed by atoms with Gasteiger partial charge in [0.2, 0.25) is 0 Å². The quantitative estimate of drug-likeness (QED) is 0.0852. The van der Waals surface area contributed by atoms with Gasteiger partial charge in [-0.1, -0.05) is 35.8 Å². The Morgan fingerprint density at radius 3 is 1.69 bits per heavy atom. The van der Waals surface area contributed by atoms with Crippen LogP contribution in [0.4, 0.5) is 20.3 Å². The van der Waals surface area contributed by atoms with Crippen LogP contribution in [-0.2, 0) is 18.8 Å². The van der Waals surface area contributed by atoms with Crippen LogP contribution in [0.25, 0.3) is 17.2 Å². The average Bonchev–Trinajstić information content (AvgIpc) is 3.31. The van der Waals surface area contributed by atoms with Gasteiger partial charge in [0, 0.05) is 11.9 Å². The fraction of sp³-hybridized carbons (Fsp3) is 0.256. The Bertz CT molecular complexity index is 1920. The molecule has 2 heterocycles. The highest BCUT2D eigenvalue weighted by atomic mass is 79.9. The molecule has 0 saturated carbocycles. The lowest BCUT2D eigenvalue weighted by molar-refractivity contribution is 0.00578. The average molecular weight is 779 g/mol. The summed E-state index contributed by atoms with van der Waals surface area (Å²) in [5.74, 6) is 0.935. The number of esters is 2. The van der Waals surface area contributed by atoms with E-state index in [1.807, 2.05) is 53.6 Å². The van der Waals surface area contributed by atoms with Crippen molar-refractivity contribution in [3.8, 4) is 0 Å². The normalized spacial score (nSPS) is 14.7. The highest BCUT2D eigenvalue weighted by Crippen LogP contribution is 2.37. The molecule has 1 saturated heterocycles. The highest BCUT2D eigenvalue weighted by molar-refractivity contribution is 9.10. The fourth-order valence-electron chi connectivity index (χ4n) is 4.62. The summed E-state index contributed by atoms with van der Waals surface area (Å²) in [4.78, 5) is 26.3. The summed E-state index contributed by atoms with van der Waals surface area (Å²) in [7, 11) is 2.28. The number of benzene rings is 3. The number of rotatable bonds is 6. The van der Waals surface area contributed by atoms with Crippen LogP contribution in [0.3, 0.4) is 0 Å². The topological polar surface area (TPSA) is 136 Å². The van der Waals surface area contributed by atoms with Crippen molar-refractivity contribution in [3.05, 3.63) is 129 Å². The van der Waals surface area contributed by atoms with Crippen molar-refractivity contribution in [1.29, 1.82) is 0 Å². The molecule has 13 heteroatoms. The molecule has 0 atom stereocenters. The molecule has 0 spiro atoms. The second-order valence-electron chi connectivity index (χ2n) is 12.7. The Morgan fingerprint density at radius 1 is 0.750 bits per heavy atom. The number of nitrogen functional groups attached to an aromatic ring is 2. The molecular weight excluding hydrogens is 735 g/mol. The third-order valence-corrected chi connectivity index (χ3v) is 9.06. The Hall–Kier alpha value is -4.85. The number of ether oxygens (including phenoxy) is 2. The van der Waals surface area contributed by atoms with Crippen molar-refractivity contribution >= 4 is 63.7 Å². The maximum Gasteiger partial charge on any atom is 0.487 e. The third-order valence-electron chi connectivity index (χ3n) is 8.43. The number of anilines is 2. The molecule has 0 unspecified atom stereocenters. The van der Waals surface area contributed by atoms with E-state index in [1.165, 1.54) is 44.7 Å². The zero-order valence-electron chi connectivity index (χ0n) is 30.4. The van der Waals surface area contributed by atoms with Gasteiger partial charge in [0.15, 0.2) is 0 Å². The monoisotopic (exact) mass is 777 g/mol. The molecule has 5 rings (SSSR count). The van der Waals surface area contributed by atoms with Gasteiger partial charge < -0.3 is 30.2 Å². The summed E-state index contributed by atoms with van der Waals surface area (Å²) < 4.78 is 47.4. The Morgan fingerprint density at radius 2 is 1.21 bits per heavy atom. The van der Waals surface area contributed by atoms with E-state index in [0.29, 0.717) is 27.1 Å². The van der Waals surface area contributed by atoms with Crippen LogP contribution in [0, 0.1) is 11.6 Å². The molecule has 4 N–H and O–H groups in total. The number of methoxy groups -OCH3 is 2. The molecule has 9 nitrogen and oxygen atoms in total. The first kappa shape index (κ1) is 41.6. The first-order valence-electron chi connectivity index (χ1n) is 16.1. The molecule has 1 fully saturated rings. The van der Waals surface area contributed by atoms with E-state index in [1.54, 1.807) is 48.5 Å². The number of carbonyl (C=O) groups is 2. The first-order valence-corrected chi connectivity index (χ1v) is 16.9. The second kappa shape index (κ2) is 18.1. The summed E-state index contributed by atoms with van der Waals surface area (Å²) in [5, 5.41) is 0. The molecule has 0 bridgehead atoms. The molecule has 4 aromatic rings. The van der Waals surface area contributed by atoms with Crippen LogP contribution >= 0.6 is 15.9 Å². The van der Waals surface area contributed by atoms with Gasteiger partial charge in [0.05, 0.1) is 41.0 Å². The Labute approximate surface area is 312 Å². The molecule has 3 aromatic carbocycles. The number of hydrogen-bond donors (Lipinski definition) is 2. The molecule has 1 aromatic heterocycles. The van der Waals surface area contributed by atoms with E-state index in [-0.39, 0.29) is 30.0 Å². The van der Waals surface area contributed by atoms with Crippen molar-refractivity contribution < 1.29 is 37.2 Å². The van der Waals surface area contributed by atoms with Gasteiger partial charge in [-0.05, 0) is 134 Å². The predicted molar refractivity (Wildman–Crippen MR) is 206 cm³/mol. The largest absolute Gasteiger partial charge is 0.487 e. The smallest absolute Gasteiger partial charge is 0.465 e. The molecule has 1 aliphatic rings. The standard InChI is InChI=1S/C17H16FNO2.C15H20BFO2.C7H7BrN2O2/c1-11(12-3-6-15(18)7-4-12)9-14-10-13(17(20)21-2)5-8-16(14)19;1-11(12-6-8-13(17)9-7-12)10-16-18-14(2,3)15(4,5)19-16;1-12-7(11)4-2-5(8)6(9)10-3-4/h3-10H,19H2,1-2H3;6-10H,1-5H3;2-3H,1H3,(H2,9,10)/b11-9+;11-10+;. The molecule has 52 heavy (non-hydrogen) atoms. The number of pyridine rings is 1. The van der Waals surface area contributed by atoms with Crippen LogP contribution in [0.5, 0.6) is 0 Å². The Balaban J connectivity index is 0.000000218. The van der Waals surface area contributed by atoms with E-state index in [2.05, 4.69) is 25.7 Å². The number of allylic oxidation sites excluding steroid dienone is 2. The maximum absolute atomic E-state index is 12.9. The van der Waals surface area contributed by atoms with Crippen molar-refractivity contribution in [3.63, 3.8) is 0 Å². The second-order valence-corrected chi connectivity index (χ2v) is 13.6. The van der Waals surface area contributed by atoms with Gasteiger partial charge in [0.1, 0.15) is 17.5 Å². The molecule has 0 aliphatic carbocycles. The molecule has 0 radical (unpaired) electrons. The number of nitrogens with two attached hydrogens (primary N) is 2. The fourth-order valence-corrected chi connectivity index (χ4v) is 4.97. The van der Waals surface area contributed by atoms with E-state index >= 15 is 0 Å². The summed E-state index contributed by atoms with van der Waals surface area (Å²) in [5.41, 5.74) is 16.6. The van der Waals surface area contributed by atoms with Gasteiger partial charge in [0.25, 0.3) is 0 Å². The molecule has 0 amide bonds. The van der Waals surface area contributed by atoms with Crippen LogP contribution in [-0.4, -0.2) is 49.5 Å². The van der Waals surface area contributed by atoms with Gasteiger partial charge in [-0.15, -0.1) is 0 Å². The minimum Gasteiger partial charge on any atom is -0.465 e. The lowest BCUT2D eigenvalue weighted by Gasteiger charge is -2.32. The van der Waals surface area contributed by atoms with Crippen molar-refractivity contribution in [2.45, 2.75) is 52.7 Å². The number of aromatic nitrogens is 1. The lowest BCUT2D eigenvalue weighted by Crippen LogP contribution is -2.41. The van der Waals surface area contributed by atoms with Crippen LogP contribution < -0.4 is 11.5 Å². The number of nitrogens with zero attached hydrogens (tertiary/aromatic N) is 1. The summed E-state index contributed by atoms with van der Waals surface area (Å²) >= 11 is 3.15. The van der Waals surface area contributed by atoms with E-state index in [0.717, 1.165) is 27.8 Å². The minimum atomic E-state index is -0.428. The van der Waals surface area contributed by atoms with Crippen molar-refractivity contribution in [2.75, 3.05) is 25.7 Å². The zero-order valence-corrected chi connectivity index (χ0v) is 32.0. The number of hydrogen-bond acceptors (Lipinski definition) is 9. The van der Waals surface area contributed by atoms with Crippen LogP contribution in [0.15, 0.2) is 89.4 Å².